The molecule has 0 aliphatic heterocycles. The van der Waals surface area contributed by atoms with E-state index in [9.17, 15) is 18.8 Å². The molecule has 202 valence electrons. The van der Waals surface area contributed by atoms with Crippen molar-refractivity contribution in [3.05, 3.63) is 67.7 Å². The van der Waals surface area contributed by atoms with Gasteiger partial charge in [-0.25, -0.2) is 18.9 Å². The highest BCUT2D eigenvalue weighted by molar-refractivity contribution is 9.13. The van der Waals surface area contributed by atoms with E-state index in [0.29, 0.717) is 14.6 Å². The number of nitrogens with zero attached hydrogens (tertiary/aromatic N) is 4. The van der Waals surface area contributed by atoms with Gasteiger partial charge in [-0.05, 0) is 70.1 Å². The number of amides is 2. The number of aromatic nitrogens is 3. The Balaban J connectivity index is 1.73. The Morgan fingerprint density at radius 2 is 2.00 bits per heavy atom. The van der Waals surface area contributed by atoms with E-state index in [2.05, 4.69) is 52.6 Å². The van der Waals surface area contributed by atoms with Gasteiger partial charge >= 0.3 is 12.1 Å². The molecule has 0 saturated heterocycles. The Morgan fingerprint density at radius 1 is 1.26 bits per heavy atom. The van der Waals surface area contributed by atoms with Gasteiger partial charge in [-0.15, -0.1) is 0 Å². The molecule has 2 aromatic heterocycles. The lowest BCUT2D eigenvalue weighted by atomic mass is 10.2. The number of anilines is 2. The first-order valence-corrected chi connectivity index (χ1v) is 12.9. The minimum Gasteiger partial charge on any atom is -0.460 e. The summed E-state index contributed by atoms with van der Waals surface area (Å²) in [7, 11) is 3.07. The molecule has 0 spiro atoms. The second-order valence-corrected chi connectivity index (χ2v) is 9.65. The van der Waals surface area contributed by atoms with Crippen LogP contribution in [0, 0.1) is 5.82 Å². The molecule has 1 unspecified atom stereocenters. The normalized spacial score (nSPS) is 11.6. The van der Waals surface area contributed by atoms with Crippen LogP contribution in [-0.2, 0) is 20.9 Å². The van der Waals surface area contributed by atoms with Crippen molar-refractivity contribution >= 4 is 72.9 Å². The molecule has 2 amide bonds. The zero-order valence-electron chi connectivity index (χ0n) is 20.3. The molecule has 2 heterocycles. The van der Waals surface area contributed by atoms with Gasteiger partial charge in [0.25, 0.3) is 5.91 Å². The number of carbonyl (C=O) groups is 3. The fraction of sp³-hybridized carbons (Fsp3) is 0.261. The number of likely N-dealkylation sites (N-methyl/N-ethyl adjacent to an activating group) is 1. The maximum absolute atomic E-state index is 13.3. The third kappa shape index (κ3) is 7.07. The number of benzene rings is 1. The summed E-state index contributed by atoms with van der Waals surface area (Å²) in [6.45, 7) is 1.49. The van der Waals surface area contributed by atoms with Crippen molar-refractivity contribution in [1.29, 1.82) is 0 Å². The Bertz CT molecular complexity index is 1360. The smallest absolute Gasteiger partial charge is 0.417 e. The Kier molecular flexibility index (Phi) is 10.2. The molecule has 0 radical (unpaired) electrons. The van der Waals surface area contributed by atoms with Crippen molar-refractivity contribution in [3.8, 4) is 0 Å². The average molecular weight is 677 g/mol. The number of halogens is 4. The van der Waals surface area contributed by atoms with E-state index >= 15 is 0 Å². The highest BCUT2D eigenvalue weighted by atomic mass is 79.9. The van der Waals surface area contributed by atoms with Crippen LogP contribution in [0.1, 0.15) is 29.2 Å². The Hall–Kier alpha value is -3.07. The summed E-state index contributed by atoms with van der Waals surface area (Å²) in [6, 6.07) is 6.86. The van der Waals surface area contributed by atoms with Gasteiger partial charge in [0.1, 0.15) is 22.8 Å². The largest absolute Gasteiger partial charge is 0.460 e. The molecule has 3 rings (SSSR count). The predicted molar refractivity (Wildman–Crippen MR) is 145 cm³/mol. The molecule has 0 aliphatic carbocycles. The van der Waals surface area contributed by atoms with Crippen molar-refractivity contribution < 1.29 is 28.2 Å². The molecule has 2 N–H and O–H groups in total. The number of rotatable bonds is 9. The minimum absolute atomic E-state index is 0.0176. The molecule has 0 fully saturated rings. The van der Waals surface area contributed by atoms with Gasteiger partial charge in [-0.3, -0.25) is 14.5 Å². The maximum atomic E-state index is 13.3. The van der Waals surface area contributed by atoms with Crippen LogP contribution in [0.5, 0.6) is 0 Å². The van der Waals surface area contributed by atoms with Crippen LogP contribution in [0.25, 0.3) is 0 Å². The second-order valence-electron chi connectivity index (χ2n) is 7.70. The average Bonchev–Trinajstić information content (AvgIpc) is 3.18. The summed E-state index contributed by atoms with van der Waals surface area (Å²) in [5.74, 6) is -1.41. The molecule has 0 saturated carbocycles. The van der Waals surface area contributed by atoms with Crippen molar-refractivity contribution in [2.75, 3.05) is 30.9 Å². The van der Waals surface area contributed by atoms with E-state index in [4.69, 9.17) is 21.1 Å². The standard InChI is InChI=1S/C23H22Br2ClFN6O5/c1-12(38-23(36)32(3)21-13(5-4-8-29-21)11-37-17(34)10-28-2)33-20(25)18(24)19(31-33)22(35)30-16-7-6-14(27)9-15(16)26/h4-9,12,28H,10-11H2,1-3H3,(H,30,35). The van der Waals surface area contributed by atoms with E-state index in [-0.39, 0.29) is 35.4 Å². The van der Waals surface area contributed by atoms with Crippen LogP contribution in [0.3, 0.4) is 0 Å². The van der Waals surface area contributed by atoms with E-state index < -0.39 is 30.0 Å². The zero-order valence-corrected chi connectivity index (χ0v) is 24.2. The summed E-state index contributed by atoms with van der Waals surface area (Å²) in [5, 5.41) is 9.51. The van der Waals surface area contributed by atoms with Crippen LogP contribution in [0.4, 0.5) is 20.7 Å². The maximum Gasteiger partial charge on any atom is 0.417 e. The SMILES string of the molecule is CNCC(=O)OCc1cccnc1N(C)C(=O)OC(C)n1nc(C(=O)Nc2ccc(F)cc2Cl)c(Br)c1Br. The predicted octanol–water partition coefficient (Wildman–Crippen LogP) is 4.90. The van der Waals surface area contributed by atoms with Gasteiger partial charge in [0.2, 0.25) is 0 Å². The van der Waals surface area contributed by atoms with Gasteiger partial charge in [-0.1, -0.05) is 17.7 Å². The molecule has 38 heavy (non-hydrogen) atoms. The molecular formula is C23H22Br2ClFN6O5. The molecule has 15 heteroatoms. The zero-order chi connectivity index (χ0) is 28.0. The van der Waals surface area contributed by atoms with Crippen molar-refractivity contribution in [3.63, 3.8) is 0 Å². The van der Waals surface area contributed by atoms with Crippen LogP contribution >= 0.6 is 43.5 Å². The van der Waals surface area contributed by atoms with Crippen molar-refractivity contribution in [2.45, 2.75) is 19.8 Å². The van der Waals surface area contributed by atoms with Crippen molar-refractivity contribution in [2.24, 2.45) is 0 Å². The summed E-state index contributed by atoms with van der Waals surface area (Å²) < 4.78 is 25.9. The number of pyridine rings is 1. The number of ether oxygens (including phenoxy) is 2. The first kappa shape index (κ1) is 29.5. The van der Waals surface area contributed by atoms with Gasteiger partial charge in [-0.2, -0.15) is 5.10 Å². The first-order chi connectivity index (χ1) is 18.0. The van der Waals surface area contributed by atoms with Crippen LogP contribution < -0.4 is 15.5 Å². The lowest BCUT2D eigenvalue weighted by Gasteiger charge is -2.22. The van der Waals surface area contributed by atoms with Crippen LogP contribution in [-0.4, -0.2) is 53.4 Å². The summed E-state index contributed by atoms with van der Waals surface area (Å²) in [4.78, 5) is 42.8. The lowest BCUT2D eigenvalue weighted by molar-refractivity contribution is -0.143. The van der Waals surface area contributed by atoms with Crippen LogP contribution in [0.15, 0.2) is 45.6 Å². The molecule has 1 atom stereocenters. The van der Waals surface area contributed by atoms with Crippen LogP contribution in [0.2, 0.25) is 5.02 Å². The molecule has 1 aromatic carbocycles. The van der Waals surface area contributed by atoms with E-state index in [1.807, 2.05) is 0 Å². The van der Waals surface area contributed by atoms with E-state index in [1.165, 1.54) is 24.0 Å². The molecule has 0 aliphatic rings. The number of hydrogen-bond acceptors (Lipinski definition) is 8. The topological polar surface area (TPSA) is 128 Å². The summed E-state index contributed by atoms with van der Waals surface area (Å²) in [6.07, 6.45) is -0.255. The third-order valence-corrected chi connectivity index (χ3v) is 7.33. The number of nitrogens with one attached hydrogen (secondary N) is 2. The third-order valence-electron chi connectivity index (χ3n) is 4.98. The molecule has 0 bridgehead atoms. The number of carbonyl (C=O) groups excluding carboxylic acids is 3. The van der Waals surface area contributed by atoms with Gasteiger partial charge in [0.15, 0.2) is 11.9 Å². The highest BCUT2D eigenvalue weighted by Crippen LogP contribution is 2.31. The van der Waals surface area contributed by atoms with Gasteiger partial charge in [0, 0.05) is 18.8 Å². The van der Waals surface area contributed by atoms with Crippen molar-refractivity contribution in [1.82, 2.24) is 20.1 Å². The molecule has 3 aromatic rings. The molecular weight excluding hydrogens is 655 g/mol. The molecule has 11 nitrogen and oxygen atoms in total. The van der Waals surface area contributed by atoms with E-state index in [0.717, 1.165) is 17.0 Å². The lowest BCUT2D eigenvalue weighted by Crippen LogP contribution is -2.31. The summed E-state index contributed by atoms with van der Waals surface area (Å²) >= 11 is 12.6. The van der Waals surface area contributed by atoms with E-state index in [1.54, 1.807) is 26.1 Å². The Labute approximate surface area is 238 Å². The second kappa shape index (κ2) is 13.1. The fourth-order valence-electron chi connectivity index (χ4n) is 3.11. The summed E-state index contributed by atoms with van der Waals surface area (Å²) in [5.41, 5.74) is 0.647. The monoisotopic (exact) mass is 674 g/mol. The highest BCUT2D eigenvalue weighted by Gasteiger charge is 2.26. The van der Waals surface area contributed by atoms with Gasteiger partial charge < -0.3 is 20.1 Å². The fourth-order valence-corrected chi connectivity index (χ4v) is 4.32. The number of hydrogen-bond donors (Lipinski definition) is 2. The number of esters is 1. The van der Waals surface area contributed by atoms with Gasteiger partial charge in [0.05, 0.1) is 21.7 Å². The minimum atomic E-state index is -0.966. The Morgan fingerprint density at radius 3 is 2.68 bits per heavy atom. The first-order valence-electron chi connectivity index (χ1n) is 10.9. The quantitative estimate of drug-likeness (QED) is 0.307.